The van der Waals surface area contributed by atoms with Gasteiger partial charge in [0.25, 0.3) is 5.91 Å². The fourth-order valence-electron chi connectivity index (χ4n) is 2.22. The highest BCUT2D eigenvalue weighted by molar-refractivity contribution is 6.34. The average Bonchev–Trinajstić information content (AvgIpc) is 2.56. The number of benzene rings is 1. The van der Waals surface area contributed by atoms with Crippen LogP contribution < -0.4 is 10.2 Å². The van der Waals surface area contributed by atoms with E-state index in [-0.39, 0.29) is 10.6 Å². The Labute approximate surface area is 137 Å². The summed E-state index contributed by atoms with van der Waals surface area (Å²) in [7, 11) is 0. The van der Waals surface area contributed by atoms with E-state index in [1.807, 2.05) is 4.90 Å². The van der Waals surface area contributed by atoms with Crippen molar-refractivity contribution in [3.8, 4) is 0 Å². The van der Waals surface area contributed by atoms with Gasteiger partial charge in [-0.3, -0.25) is 4.79 Å². The number of aromatic nitrogens is 2. The molecule has 1 aliphatic heterocycles. The lowest BCUT2D eigenvalue weighted by Gasteiger charge is -2.26. The Balaban J connectivity index is 1.72. The highest BCUT2D eigenvalue weighted by atomic mass is 35.5. The van der Waals surface area contributed by atoms with Crippen molar-refractivity contribution in [3.05, 3.63) is 47.0 Å². The van der Waals surface area contributed by atoms with Crippen LogP contribution in [0.5, 0.6) is 0 Å². The molecule has 23 heavy (non-hydrogen) atoms. The second-order valence-corrected chi connectivity index (χ2v) is 5.33. The topological polar surface area (TPSA) is 67.4 Å². The zero-order valence-electron chi connectivity index (χ0n) is 12.1. The number of nitrogens with one attached hydrogen (secondary N) is 1. The van der Waals surface area contributed by atoms with Gasteiger partial charge in [-0.1, -0.05) is 17.7 Å². The van der Waals surface area contributed by atoms with E-state index in [0.29, 0.717) is 24.8 Å². The van der Waals surface area contributed by atoms with Crippen molar-refractivity contribution >= 4 is 29.1 Å². The molecule has 2 aromatic rings. The standard InChI is InChI=1S/C15H14ClFN4O2/c16-11-2-1-3-12(17)13(11)14(22)20-10-8-18-15(19-9-10)21-4-6-23-7-5-21/h1-3,8-9H,4-7H2,(H,20,22). The van der Waals surface area contributed by atoms with Crippen molar-refractivity contribution in [2.75, 3.05) is 36.5 Å². The van der Waals surface area contributed by atoms with Gasteiger partial charge in [-0.25, -0.2) is 14.4 Å². The Morgan fingerprint density at radius 3 is 2.61 bits per heavy atom. The van der Waals surface area contributed by atoms with E-state index < -0.39 is 11.7 Å². The van der Waals surface area contributed by atoms with E-state index in [4.69, 9.17) is 16.3 Å². The molecule has 1 aliphatic rings. The zero-order chi connectivity index (χ0) is 16.2. The summed E-state index contributed by atoms with van der Waals surface area (Å²) in [4.78, 5) is 22.5. The Bertz CT molecular complexity index is 685. The minimum absolute atomic E-state index is 0.0494. The third-order valence-electron chi connectivity index (χ3n) is 3.38. The SMILES string of the molecule is O=C(Nc1cnc(N2CCOCC2)nc1)c1c(F)cccc1Cl. The van der Waals surface area contributed by atoms with Crippen molar-refractivity contribution in [2.24, 2.45) is 0 Å². The molecule has 0 saturated carbocycles. The zero-order valence-corrected chi connectivity index (χ0v) is 12.9. The lowest BCUT2D eigenvalue weighted by molar-refractivity contribution is 0.102. The Hall–Kier alpha value is -2.25. The van der Waals surface area contributed by atoms with Gasteiger partial charge >= 0.3 is 0 Å². The van der Waals surface area contributed by atoms with E-state index >= 15 is 0 Å². The number of carbonyl (C=O) groups is 1. The highest BCUT2D eigenvalue weighted by Crippen LogP contribution is 2.20. The predicted octanol–water partition coefficient (Wildman–Crippen LogP) is 2.36. The summed E-state index contributed by atoms with van der Waals surface area (Å²) < 4.78 is 19.0. The maximum atomic E-state index is 13.7. The summed E-state index contributed by atoms with van der Waals surface area (Å²) >= 11 is 5.87. The molecule has 0 bridgehead atoms. The molecule has 0 aliphatic carbocycles. The van der Waals surface area contributed by atoms with Crippen LogP contribution in [-0.2, 0) is 4.74 Å². The molecule has 1 saturated heterocycles. The fraction of sp³-hybridized carbons (Fsp3) is 0.267. The smallest absolute Gasteiger partial charge is 0.260 e. The summed E-state index contributed by atoms with van der Waals surface area (Å²) in [6, 6.07) is 4.07. The van der Waals surface area contributed by atoms with Gasteiger partial charge in [-0.15, -0.1) is 0 Å². The van der Waals surface area contributed by atoms with Gasteiger partial charge in [-0.05, 0) is 12.1 Å². The van der Waals surface area contributed by atoms with Crippen LogP contribution in [0.1, 0.15) is 10.4 Å². The van der Waals surface area contributed by atoms with E-state index in [9.17, 15) is 9.18 Å². The quantitative estimate of drug-likeness (QED) is 0.932. The van der Waals surface area contributed by atoms with E-state index in [1.165, 1.54) is 30.6 Å². The number of carbonyl (C=O) groups excluding carboxylic acids is 1. The predicted molar refractivity (Wildman–Crippen MR) is 84.4 cm³/mol. The molecular weight excluding hydrogens is 323 g/mol. The van der Waals surface area contributed by atoms with Crippen LogP contribution in [0.25, 0.3) is 0 Å². The minimum Gasteiger partial charge on any atom is -0.378 e. The lowest BCUT2D eigenvalue weighted by atomic mass is 10.2. The van der Waals surface area contributed by atoms with Crippen LogP contribution in [0.3, 0.4) is 0 Å². The van der Waals surface area contributed by atoms with Crippen molar-refractivity contribution in [3.63, 3.8) is 0 Å². The van der Waals surface area contributed by atoms with E-state index in [0.717, 1.165) is 13.1 Å². The molecule has 0 unspecified atom stereocenters. The molecule has 1 N–H and O–H groups in total. The first-order valence-electron chi connectivity index (χ1n) is 7.05. The van der Waals surface area contributed by atoms with E-state index in [1.54, 1.807) is 0 Å². The largest absolute Gasteiger partial charge is 0.378 e. The number of amides is 1. The molecule has 1 aromatic carbocycles. The number of halogens is 2. The summed E-state index contributed by atoms with van der Waals surface area (Å²) in [6.45, 7) is 2.70. The normalized spacial score (nSPS) is 14.6. The molecule has 1 amide bonds. The number of hydrogen-bond acceptors (Lipinski definition) is 5. The second kappa shape index (κ2) is 6.89. The summed E-state index contributed by atoms with van der Waals surface area (Å²) in [5.41, 5.74) is 0.165. The van der Waals surface area contributed by atoms with Gasteiger partial charge in [0.1, 0.15) is 5.82 Å². The van der Waals surface area contributed by atoms with Crippen LogP contribution in [0.2, 0.25) is 5.02 Å². The van der Waals surface area contributed by atoms with Gasteiger partial charge in [-0.2, -0.15) is 0 Å². The molecule has 120 valence electrons. The Kier molecular flexibility index (Phi) is 4.68. The monoisotopic (exact) mass is 336 g/mol. The van der Waals surface area contributed by atoms with Crippen molar-refractivity contribution in [1.29, 1.82) is 0 Å². The molecule has 8 heteroatoms. The van der Waals surface area contributed by atoms with Crippen LogP contribution in [0.15, 0.2) is 30.6 Å². The molecule has 1 fully saturated rings. The molecule has 0 radical (unpaired) electrons. The van der Waals surface area contributed by atoms with Crippen LogP contribution in [0.4, 0.5) is 16.0 Å². The molecule has 3 rings (SSSR count). The number of nitrogens with zero attached hydrogens (tertiary/aromatic N) is 3. The first-order valence-corrected chi connectivity index (χ1v) is 7.43. The van der Waals surface area contributed by atoms with Gasteiger partial charge in [0.05, 0.1) is 41.9 Å². The molecule has 6 nitrogen and oxygen atoms in total. The van der Waals surface area contributed by atoms with Gasteiger partial charge in [0, 0.05) is 13.1 Å². The van der Waals surface area contributed by atoms with Crippen molar-refractivity contribution in [2.45, 2.75) is 0 Å². The van der Waals surface area contributed by atoms with Gasteiger partial charge in [0.15, 0.2) is 0 Å². The third-order valence-corrected chi connectivity index (χ3v) is 3.69. The third kappa shape index (κ3) is 3.57. The minimum atomic E-state index is -0.680. The fourth-order valence-corrected chi connectivity index (χ4v) is 2.47. The lowest BCUT2D eigenvalue weighted by Crippen LogP contribution is -2.37. The van der Waals surface area contributed by atoms with Crippen molar-refractivity contribution in [1.82, 2.24) is 9.97 Å². The van der Waals surface area contributed by atoms with Crippen LogP contribution in [-0.4, -0.2) is 42.2 Å². The number of morpholine rings is 1. The van der Waals surface area contributed by atoms with E-state index in [2.05, 4.69) is 15.3 Å². The summed E-state index contributed by atoms with van der Waals surface area (Å²) in [5, 5.41) is 2.59. The highest BCUT2D eigenvalue weighted by Gasteiger charge is 2.17. The van der Waals surface area contributed by atoms with Crippen LogP contribution in [0, 0.1) is 5.82 Å². The number of hydrogen-bond donors (Lipinski definition) is 1. The number of ether oxygens (including phenoxy) is 1. The molecule has 0 atom stereocenters. The second-order valence-electron chi connectivity index (χ2n) is 4.92. The molecule has 1 aromatic heterocycles. The Morgan fingerprint density at radius 2 is 1.96 bits per heavy atom. The average molecular weight is 337 g/mol. The molecular formula is C15H14ClFN4O2. The van der Waals surface area contributed by atoms with Gasteiger partial charge in [0.2, 0.25) is 5.95 Å². The summed E-state index contributed by atoms with van der Waals surface area (Å²) in [5.74, 6) is -0.757. The molecule has 0 spiro atoms. The van der Waals surface area contributed by atoms with Crippen molar-refractivity contribution < 1.29 is 13.9 Å². The number of anilines is 2. The maximum absolute atomic E-state index is 13.7. The van der Waals surface area contributed by atoms with Gasteiger partial charge < -0.3 is 15.0 Å². The first kappa shape index (κ1) is 15.6. The Morgan fingerprint density at radius 1 is 1.26 bits per heavy atom. The number of rotatable bonds is 3. The van der Waals surface area contributed by atoms with Crippen LogP contribution >= 0.6 is 11.6 Å². The maximum Gasteiger partial charge on any atom is 0.260 e. The first-order chi connectivity index (χ1) is 11.1. The summed E-state index contributed by atoms with van der Waals surface area (Å²) in [6.07, 6.45) is 2.95. The molecule has 2 heterocycles.